The van der Waals surface area contributed by atoms with Gasteiger partial charge in [-0.25, -0.2) is 4.79 Å². The largest absolute Gasteiger partial charge is 0.447 e. The first-order valence-corrected chi connectivity index (χ1v) is 8.82. The van der Waals surface area contributed by atoms with Crippen molar-refractivity contribution in [2.45, 2.75) is 12.5 Å². The van der Waals surface area contributed by atoms with Crippen LogP contribution >= 0.6 is 0 Å². The van der Waals surface area contributed by atoms with Crippen LogP contribution in [0.5, 0.6) is 0 Å². The molecule has 6 heteroatoms. The average Bonchev–Trinajstić information content (AvgIpc) is 2.72. The molecular weight excluding hydrogens is 356 g/mol. The van der Waals surface area contributed by atoms with E-state index in [1.54, 1.807) is 30.3 Å². The maximum absolute atomic E-state index is 12.6. The van der Waals surface area contributed by atoms with Gasteiger partial charge >= 0.3 is 12.0 Å². The normalized spacial score (nSPS) is 11.5. The lowest BCUT2D eigenvalue weighted by Crippen LogP contribution is -2.41. The van der Waals surface area contributed by atoms with Crippen LogP contribution in [0.4, 0.5) is 4.79 Å². The van der Waals surface area contributed by atoms with Crippen LogP contribution in [0.3, 0.4) is 0 Å². The highest BCUT2D eigenvalue weighted by Crippen LogP contribution is 2.22. The Balaban J connectivity index is 1.81. The maximum atomic E-state index is 12.6. The summed E-state index contributed by atoms with van der Waals surface area (Å²) < 4.78 is 5.47. The molecule has 0 spiro atoms. The molecule has 0 aliphatic heterocycles. The van der Waals surface area contributed by atoms with Gasteiger partial charge in [0.2, 0.25) is 6.10 Å². The summed E-state index contributed by atoms with van der Waals surface area (Å²) in [7, 11) is 1.40. The first-order chi connectivity index (χ1) is 13.6. The molecule has 0 saturated heterocycles. The molecule has 0 radical (unpaired) electrons. The molecule has 28 heavy (non-hydrogen) atoms. The minimum Gasteiger partial charge on any atom is -0.447 e. The Morgan fingerprint density at radius 1 is 0.893 bits per heavy atom. The van der Waals surface area contributed by atoms with Crippen molar-refractivity contribution in [2.24, 2.45) is 0 Å². The average molecular weight is 376 g/mol. The highest BCUT2D eigenvalue weighted by atomic mass is 16.5. The van der Waals surface area contributed by atoms with Crippen molar-refractivity contribution < 1.29 is 19.1 Å². The highest BCUT2D eigenvalue weighted by Gasteiger charge is 2.26. The molecule has 2 N–H and O–H groups in total. The van der Waals surface area contributed by atoms with Crippen molar-refractivity contribution in [2.75, 3.05) is 7.05 Å². The molecular formula is C22H20N2O4. The standard InChI is InChI=1S/C22H20N2O4/c1-23-22(27)24-21(26)20(16-9-3-2-4-10-16)28-19(25)14-17-12-7-11-15-8-5-6-13-18(15)17/h2-13,20H,14H2,1H3,(H2,23,24,26,27)/t20-/m0/s1. The molecule has 0 fully saturated rings. The highest BCUT2D eigenvalue weighted by molar-refractivity contribution is 5.98. The number of ether oxygens (including phenoxy) is 1. The van der Waals surface area contributed by atoms with Gasteiger partial charge in [-0.3, -0.25) is 14.9 Å². The summed E-state index contributed by atoms with van der Waals surface area (Å²) in [5, 5.41) is 6.44. The summed E-state index contributed by atoms with van der Waals surface area (Å²) in [5.74, 6) is -1.27. The van der Waals surface area contributed by atoms with E-state index < -0.39 is 24.0 Å². The van der Waals surface area contributed by atoms with Crippen LogP contribution in [0.2, 0.25) is 0 Å². The zero-order chi connectivity index (χ0) is 19.9. The third kappa shape index (κ3) is 4.54. The quantitative estimate of drug-likeness (QED) is 0.670. The lowest BCUT2D eigenvalue weighted by Gasteiger charge is -2.18. The molecule has 0 aromatic heterocycles. The monoisotopic (exact) mass is 376 g/mol. The number of urea groups is 1. The molecule has 0 bridgehead atoms. The molecule has 0 aliphatic rings. The van der Waals surface area contributed by atoms with Gasteiger partial charge in [0.15, 0.2) is 0 Å². The van der Waals surface area contributed by atoms with Crippen molar-refractivity contribution in [1.82, 2.24) is 10.6 Å². The van der Waals surface area contributed by atoms with E-state index in [9.17, 15) is 14.4 Å². The fourth-order valence-corrected chi connectivity index (χ4v) is 2.92. The van der Waals surface area contributed by atoms with E-state index in [0.29, 0.717) is 5.56 Å². The van der Waals surface area contributed by atoms with Gasteiger partial charge in [-0.2, -0.15) is 0 Å². The SMILES string of the molecule is CNC(=O)NC(=O)[C@@H](OC(=O)Cc1cccc2ccccc12)c1ccccc1. The second-order valence-electron chi connectivity index (χ2n) is 6.16. The number of carbonyl (C=O) groups is 3. The summed E-state index contributed by atoms with van der Waals surface area (Å²) in [4.78, 5) is 36.6. The van der Waals surface area contributed by atoms with Gasteiger partial charge in [0, 0.05) is 12.6 Å². The molecule has 142 valence electrons. The Hall–Kier alpha value is -3.67. The van der Waals surface area contributed by atoms with Gasteiger partial charge in [-0.05, 0) is 16.3 Å². The van der Waals surface area contributed by atoms with Crippen molar-refractivity contribution in [3.05, 3.63) is 83.9 Å². The number of fused-ring (bicyclic) bond motifs is 1. The minimum atomic E-state index is -1.22. The van der Waals surface area contributed by atoms with Crippen molar-refractivity contribution >= 4 is 28.7 Å². The van der Waals surface area contributed by atoms with E-state index in [1.807, 2.05) is 42.5 Å². The van der Waals surface area contributed by atoms with Crippen LogP contribution in [0.25, 0.3) is 10.8 Å². The fourth-order valence-electron chi connectivity index (χ4n) is 2.92. The molecule has 0 heterocycles. The van der Waals surface area contributed by atoms with Crippen LogP contribution in [-0.2, 0) is 20.7 Å². The summed E-state index contributed by atoms with van der Waals surface area (Å²) in [5.41, 5.74) is 1.29. The number of amides is 3. The molecule has 6 nitrogen and oxygen atoms in total. The summed E-state index contributed by atoms with van der Waals surface area (Å²) in [6, 6.07) is 21.3. The van der Waals surface area contributed by atoms with Gasteiger partial charge < -0.3 is 10.1 Å². The lowest BCUT2D eigenvalue weighted by atomic mass is 10.0. The minimum absolute atomic E-state index is 0.0118. The van der Waals surface area contributed by atoms with Crippen molar-refractivity contribution in [3.8, 4) is 0 Å². The maximum Gasteiger partial charge on any atom is 0.321 e. The number of imide groups is 1. The number of benzene rings is 3. The number of esters is 1. The van der Waals surface area contributed by atoms with Crippen LogP contribution < -0.4 is 10.6 Å². The predicted molar refractivity (Wildman–Crippen MR) is 106 cm³/mol. The van der Waals surface area contributed by atoms with Crippen LogP contribution in [0.1, 0.15) is 17.2 Å². The van der Waals surface area contributed by atoms with Gasteiger partial charge in [0.05, 0.1) is 6.42 Å². The van der Waals surface area contributed by atoms with E-state index in [-0.39, 0.29) is 6.42 Å². The first kappa shape index (κ1) is 19.1. The van der Waals surface area contributed by atoms with E-state index in [4.69, 9.17) is 4.74 Å². The van der Waals surface area contributed by atoms with E-state index >= 15 is 0 Å². The number of rotatable bonds is 5. The van der Waals surface area contributed by atoms with Crippen molar-refractivity contribution in [3.63, 3.8) is 0 Å². The van der Waals surface area contributed by atoms with Gasteiger partial charge in [0.25, 0.3) is 5.91 Å². The number of carbonyl (C=O) groups excluding carboxylic acids is 3. The third-order valence-corrected chi connectivity index (χ3v) is 4.27. The van der Waals surface area contributed by atoms with E-state index in [1.165, 1.54) is 7.05 Å². The molecule has 0 unspecified atom stereocenters. The second-order valence-corrected chi connectivity index (χ2v) is 6.16. The van der Waals surface area contributed by atoms with Gasteiger partial charge in [-0.1, -0.05) is 72.8 Å². The predicted octanol–water partition coefficient (Wildman–Crippen LogP) is 3.12. The zero-order valence-electron chi connectivity index (χ0n) is 15.3. The second kappa shape index (κ2) is 8.81. The van der Waals surface area contributed by atoms with Gasteiger partial charge in [-0.15, -0.1) is 0 Å². The van der Waals surface area contributed by atoms with E-state index in [2.05, 4.69) is 10.6 Å². The summed E-state index contributed by atoms with van der Waals surface area (Å²) >= 11 is 0. The number of hydrogen-bond acceptors (Lipinski definition) is 4. The smallest absolute Gasteiger partial charge is 0.321 e. The zero-order valence-corrected chi connectivity index (χ0v) is 15.3. The van der Waals surface area contributed by atoms with Gasteiger partial charge in [0.1, 0.15) is 0 Å². The summed E-state index contributed by atoms with van der Waals surface area (Å²) in [6.45, 7) is 0. The van der Waals surface area contributed by atoms with Crippen LogP contribution in [0, 0.1) is 0 Å². The molecule has 3 aromatic carbocycles. The lowest BCUT2D eigenvalue weighted by molar-refractivity contribution is -0.155. The fraction of sp³-hybridized carbons (Fsp3) is 0.136. The first-order valence-electron chi connectivity index (χ1n) is 8.82. The molecule has 1 atom stereocenters. The third-order valence-electron chi connectivity index (χ3n) is 4.27. The Morgan fingerprint density at radius 3 is 2.32 bits per heavy atom. The molecule has 3 rings (SSSR count). The van der Waals surface area contributed by atoms with Crippen LogP contribution in [-0.4, -0.2) is 25.0 Å². The Kier molecular flexibility index (Phi) is 6.01. The topological polar surface area (TPSA) is 84.5 Å². The Bertz CT molecular complexity index is 996. The van der Waals surface area contributed by atoms with Crippen molar-refractivity contribution in [1.29, 1.82) is 0 Å². The number of nitrogens with one attached hydrogen (secondary N) is 2. The van der Waals surface area contributed by atoms with Crippen LogP contribution in [0.15, 0.2) is 72.8 Å². The molecule has 3 amide bonds. The molecule has 0 aliphatic carbocycles. The molecule has 3 aromatic rings. The summed E-state index contributed by atoms with van der Waals surface area (Å²) in [6.07, 6.45) is -1.21. The molecule has 0 saturated carbocycles. The number of hydrogen-bond donors (Lipinski definition) is 2. The Morgan fingerprint density at radius 2 is 1.57 bits per heavy atom. The van der Waals surface area contributed by atoms with E-state index in [0.717, 1.165) is 16.3 Å². The Labute approximate surface area is 162 Å².